The highest BCUT2D eigenvalue weighted by atomic mass is 32.2. The third kappa shape index (κ3) is 4.08. The number of aromatic nitrogens is 2. The second-order valence-corrected chi connectivity index (χ2v) is 8.26. The van der Waals surface area contributed by atoms with E-state index in [1.165, 1.54) is 24.9 Å². The Morgan fingerprint density at radius 3 is 2.69 bits per heavy atom. The van der Waals surface area contributed by atoms with Crippen molar-refractivity contribution in [2.24, 2.45) is 7.05 Å². The number of benzene rings is 2. The first kappa shape index (κ1) is 21.9. The summed E-state index contributed by atoms with van der Waals surface area (Å²) in [6.07, 6.45) is 0.0916. The number of hydrogen-bond acceptors (Lipinski definition) is 6. The van der Waals surface area contributed by atoms with E-state index in [1.54, 1.807) is 55.1 Å². The quantitative estimate of drug-likeness (QED) is 0.451. The van der Waals surface area contributed by atoms with E-state index in [0.717, 1.165) is 0 Å². The van der Waals surface area contributed by atoms with Crippen molar-refractivity contribution >= 4 is 23.5 Å². The molecule has 0 unspecified atom stereocenters. The lowest BCUT2D eigenvalue weighted by Gasteiger charge is -2.28. The molecule has 9 heteroatoms. The van der Waals surface area contributed by atoms with Crippen LogP contribution in [0, 0.1) is 5.82 Å². The summed E-state index contributed by atoms with van der Waals surface area (Å²) in [6, 6.07) is 11.7. The van der Waals surface area contributed by atoms with Gasteiger partial charge in [-0.2, -0.15) is 4.98 Å². The predicted molar refractivity (Wildman–Crippen MR) is 120 cm³/mol. The summed E-state index contributed by atoms with van der Waals surface area (Å²) in [5.74, 6) is 0.772. The van der Waals surface area contributed by atoms with Crippen LogP contribution >= 0.6 is 11.8 Å². The number of thioether (sulfide) groups is 1. The summed E-state index contributed by atoms with van der Waals surface area (Å²) in [6.45, 7) is 0. The molecule has 0 fully saturated rings. The van der Waals surface area contributed by atoms with Gasteiger partial charge in [0.15, 0.2) is 5.16 Å². The molecule has 1 atom stereocenters. The highest BCUT2D eigenvalue weighted by Gasteiger charge is 2.33. The largest absolute Gasteiger partial charge is 0.497 e. The number of halogens is 1. The summed E-state index contributed by atoms with van der Waals surface area (Å²) < 4.78 is 26.4. The summed E-state index contributed by atoms with van der Waals surface area (Å²) in [5.41, 5.74) is 1.17. The fourth-order valence-corrected chi connectivity index (χ4v) is 4.75. The van der Waals surface area contributed by atoms with Crippen LogP contribution in [0.25, 0.3) is 0 Å². The summed E-state index contributed by atoms with van der Waals surface area (Å²) in [5, 5.41) is 3.20. The number of carbonyl (C=O) groups excluding carboxylic acids is 1. The number of methoxy groups -OCH3 is 2. The number of hydrogen-bond donors (Lipinski definition) is 1. The number of rotatable bonds is 6. The summed E-state index contributed by atoms with van der Waals surface area (Å²) in [7, 11) is 4.81. The first-order valence-corrected chi connectivity index (χ1v) is 10.9. The van der Waals surface area contributed by atoms with E-state index < -0.39 is 11.5 Å². The molecule has 32 heavy (non-hydrogen) atoms. The van der Waals surface area contributed by atoms with Gasteiger partial charge in [-0.3, -0.25) is 9.59 Å². The Hall–Kier alpha value is -3.33. The van der Waals surface area contributed by atoms with E-state index >= 15 is 0 Å². The van der Waals surface area contributed by atoms with Crippen LogP contribution in [-0.4, -0.2) is 29.7 Å². The average molecular weight is 456 g/mol. The van der Waals surface area contributed by atoms with E-state index in [-0.39, 0.29) is 18.1 Å². The third-order valence-corrected chi connectivity index (χ3v) is 6.51. The highest BCUT2D eigenvalue weighted by Crippen LogP contribution is 2.40. The Morgan fingerprint density at radius 2 is 1.97 bits per heavy atom. The Morgan fingerprint density at radius 1 is 1.19 bits per heavy atom. The minimum absolute atomic E-state index is 0.0916. The van der Waals surface area contributed by atoms with Gasteiger partial charge in [-0.1, -0.05) is 36.0 Å². The third-order valence-electron chi connectivity index (χ3n) is 5.43. The van der Waals surface area contributed by atoms with Crippen molar-refractivity contribution in [3.8, 4) is 11.5 Å². The van der Waals surface area contributed by atoms with Crippen LogP contribution in [0.4, 0.5) is 10.2 Å². The lowest BCUT2D eigenvalue weighted by molar-refractivity contribution is -0.116. The predicted octanol–water partition coefficient (Wildman–Crippen LogP) is 3.70. The zero-order valence-corrected chi connectivity index (χ0v) is 18.7. The zero-order valence-electron chi connectivity index (χ0n) is 17.8. The van der Waals surface area contributed by atoms with Gasteiger partial charge in [-0.15, -0.1) is 0 Å². The van der Waals surface area contributed by atoms with Gasteiger partial charge in [0, 0.05) is 36.8 Å². The molecule has 0 bridgehead atoms. The summed E-state index contributed by atoms with van der Waals surface area (Å²) in [4.78, 5) is 29.9. The molecular weight excluding hydrogens is 433 g/mol. The zero-order chi connectivity index (χ0) is 22.8. The lowest BCUT2D eigenvalue weighted by Crippen LogP contribution is -2.33. The molecule has 0 aliphatic carbocycles. The van der Waals surface area contributed by atoms with Crippen molar-refractivity contribution < 1.29 is 18.7 Å². The SMILES string of the molecule is COc1ccc([C@H]2CC(=O)Nc3c2c(=O)nc(SCc2ccccc2F)n3C)c(OC)c1. The van der Waals surface area contributed by atoms with E-state index in [2.05, 4.69) is 10.3 Å². The molecule has 0 saturated carbocycles. The smallest absolute Gasteiger partial charge is 0.279 e. The molecule has 3 aromatic rings. The number of ether oxygens (including phenoxy) is 2. The maximum Gasteiger partial charge on any atom is 0.279 e. The van der Waals surface area contributed by atoms with Crippen molar-refractivity contribution in [1.82, 2.24) is 9.55 Å². The van der Waals surface area contributed by atoms with Gasteiger partial charge in [0.2, 0.25) is 5.91 Å². The van der Waals surface area contributed by atoms with Crippen LogP contribution in [0.3, 0.4) is 0 Å². The van der Waals surface area contributed by atoms with E-state index in [0.29, 0.717) is 44.9 Å². The summed E-state index contributed by atoms with van der Waals surface area (Å²) >= 11 is 1.23. The topological polar surface area (TPSA) is 82.5 Å². The molecule has 0 spiro atoms. The molecule has 2 heterocycles. The molecule has 1 amide bonds. The number of amides is 1. The lowest BCUT2D eigenvalue weighted by atomic mass is 9.86. The van der Waals surface area contributed by atoms with Gasteiger partial charge in [0.1, 0.15) is 23.1 Å². The molecular formula is C23H22FN3O4S. The number of carbonyl (C=O) groups is 1. The van der Waals surface area contributed by atoms with Crippen LogP contribution in [0.15, 0.2) is 52.4 Å². The van der Waals surface area contributed by atoms with Crippen LogP contribution in [-0.2, 0) is 17.6 Å². The Kier molecular flexibility index (Phi) is 6.18. The molecule has 7 nitrogen and oxygen atoms in total. The monoisotopic (exact) mass is 455 g/mol. The second kappa shape index (κ2) is 9.04. The van der Waals surface area contributed by atoms with Crippen LogP contribution < -0.4 is 20.3 Å². The van der Waals surface area contributed by atoms with Gasteiger partial charge in [0.25, 0.3) is 5.56 Å². The number of nitrogens with zero attached hydrogens (tertiary/aromatic N) is 2. The molecule has 1 aromatic heterocycles. The Labute approximate surface area is 188 Å². The Balaban J connectivity index is 1.75. The first-order valence-electron chi connectivity index (χ1n) is 9.91. The molecule has 0 saturated heterocycles. The fourth-order valence-electron chi connectivity index (χ4n) is 3.79. The normalized spacial score (nSPS) is 15.1. The molecule has 1 aliphatic rings. The maximum atomic E-state index is 14.0. The standard InChI is InChI=1S/C23H22FN3O4S/c1-27-21-20(22(29)26-23(27)32-12-13-6-4-5-7-17(13)24)16(11-19(28)25-21)15-9-8-14(30-2)10-18(15)31-3/h4-10,16H,11-12H2,1-3H3,(H,25,28)/t16-/m1/s1. The Bertz CT molecular complexity index is 1240. The molecule has 0 radical (unpaired) electrons. The van der Waals surface area contributed by atoms with E-state index in [9.17, 15) is 14.0 Å². The second-order valence-electron chi connectivity index (χ2n) is 7.31. The van der Waals surface area contributed by atoms with E-state index in [1.807, 2.05) is 0 Å². The number of fused-ring (bicyclic) bond motifs is 1. The first-order chi connectivity index (χ1) is 15.4. The van der Waals surface area contributed by atoms with Gasteiger partial charge >= 0.3 is 0 Å². The average Bonchev–Trinajstić information content (AvgIpc) is 2.80. The molecule has 2 aromatic carbocycles. The molecule has 166 valence electrons. The van der Waals surface area contributed by atoms with Gasteiger partial charge < -0.3 is 19.4 Å². The number of nitrogens with one attached hydrogen (secondary N) is 1. The van der Waals surface area contributed by atoms with Gasteiger partial charge in [-0.25, -0.2) is 4.39 Å². The van der Waals surface area contributed by atoms with Crippen LogP contribution in [0.1, 0.15) is 29.0 Å². The minimum atomic E-state index is -0.517. The molecule has 1 aliphatic heterocycles. The number of anilines is 1. The van der Waals surface area contributed by atoms with Crippen LogP contribution in [0.5, 0.6) is 11.5 Å². The highest BCUT2D eigenvalue weighted by molar-refractivity contribution is 7.98. The van der Waals surface area contributed by atoms with E-state index in [4.69, 9.17) is 9.47 Å². The van der Waals surface area contributed by atoms with Gasteiger partial charge in [0.05, 0.1) is 19.8 Å². The van der Waals surface area contributed by atoms with Crippen LogP contribution in [0.2, 0.25) is 0 Å². The molecule has 1 N–H and O–H groups in total. The minimum Gasteiger partial charge on any atom is -0.497 e. The van der Waals surface area contributed by atoms with Crippen molar-refractivity contribution in [2.75, 3.05) is 19.5 Å². The van der Waals surface area contributed by atoms with Crippen molar-refractivity contribution in [3.05, 3.63) is 75.3 Å². The van der Waals surface area contributed by atoms with Crippen molar-refractivity contribution in [2.45, 2.75) is 23.2 Å². The van der Waals surface area contributed by atoms with Gasteiger partial charge in [-0.05, 0) is 17.7 Å². The fraction of sp³-hybridized carbons (Fsp3) is 0.261. The maximum absolute atomic E-state index is 14.0. The van der Waals surface area contributed by atoms with Crippen molar-refractivity contribution in [3.63, 3.8) is 0 Å². The molecule has 4 rings (SSSR count). The van der Waals surface area contributed by atoms with Crippen molar-refractivity contribution in [1.29, 1.82) is 0 Å².